The Bertz CT molecular complexity index is 3230. The molecule has 5 heteroatoms. The second kappa shape index (κ2) is 13.3. The van der Waals surface area contributed by atoms with Crippen LogP contribution in [0.2, 0.25) is 0 Å². The summed E-state index contributed by atoms with van der Waals surface area (Å²) in [5.41, 5.74) is 11.3. The normalized spacial score (nSPS) is 11.6. The van der Waals surface area contributed by atoms with Gasteiger partial charge in [0.15, 0.2) is 17.5 Å². The minimum atomic E-state index is 0.584. The maximum Gasteiger partial charge on any atom is 0.164 e. The fourth-order valence-corrected chi connectivity index (χ4v) is 8.88. The molecule has 0 amide bonds. The highest BCUT2D eigenvalue weighted by atomic mass is 32.1. The van der Waals surface area contributed by atoms with Gasteiger partial charge in [-0.1, -0.05) is 152 Å². The second-order valence-electron chi connectivity index (χ2n) is 14.0. The number of hydrogen-bond acceptors (Lipinski definition) is 5. The zero-order valence-corrected chi connectivity index (χ0v) is 30.9. The Morgan fingerprint density at radius 3 is 1.57 bits per heavy atom. The van der Waals surface area contributed by atoms with Gasteiger partial charge in [-0.3, -0.25) is 0 Å². The molecule has 262 valence electrons. The van der Waals surface area contributed by atoms with Crippen molar-refractivity contribution in [2.45, 2.75) is 0 Å². The number of fused-ring (bicyclic) bond motifs is 6. The molecule has 3 heterocycles. The van der Waals surface area contributed by atoms with Crippen LogP contribution in [0.15, 0.2) is 192 Å². The van der Waals surface area contributed by atoms with Crippen LogP contribution in [0.5, 0.6) is 0 Å². The van der Waals surface area contributed by atoms with Crippen molar-refractivity contribution >= 4 is 53.4 Å². The maximum absolute atomic E-state index is 6.58. The molecule has 0 fully saturated rings. The van der Waals surface area contributed by atoms with E-state index < -0.39 is 0 Å². The zero-order chi connectivity index (χ0) is 37.0. The van der Waals surface area contributed by atoms with Crippen LogP contribution in [0, 0.1) is 0 Å². The Labute approximate surface area is 327 Å². The van der Waals surface area contributed by atoms with Crippen LogP contribution in [0.1, 0.15) is 0 Å². The predicted molar refractivity (Wildman–Crippen MR) is 233 cm³/mol. The summed E-state index contributed by atoms with van der Waals surface area (Å²) >= 11 is 1.83. The van der Waals surface area contributed by atoms with Gasteiger partial charge in [0.05, 0.1) is 0 Å². The largest absolute Gasteiger partial charge is 0.456 e. The van der Waals surface area contributed by atoms with Gasteiger partial charge in [-0.15, -0.1) is 11.3 Å². The summed E-state index contributed by atoms with van der Waals surface area (Å²) in [7, 11) is 0. The molecule has 8 aromatic carbocycles. The molecule has 56 heavy (non-hydrogen) atoms. The van der Waals surface area contributed by atoms with E-state index >= 15 is 0 Å². The Hall–Kier alpha value is -7.21. The van der Waals surface area contributed by atoms with Crippen molar-refractivity contribution in [3.8, 4) is 67.5 Å². The number of hydrogen-bond donors (Lipinski definition) is 0. The smallest absolute Gasteiger partial charge is 0.164 e. The average molecular weight is 734 g/mol. The van der Waals surface area contributed by atoms with E-state index in [2.05, 4.69) is 140 Å². The van der Waals surface area contributed by atoms with Crippen LogP contribution in [0.4, 0.5) is 0 Å². The molecule has 3 aromatic heterocycles. The highest BCUT2D eigenvalue weighted by molar-refractivity contribution is 7.25. The molecule has 0 radical (unpaired) electrons. The topological polar surface area (TPSA) is 51.8 Å². The van der Waals surface area contributed by atoms with Crippen molar-refractivity contribution in [1.29, 1.82) is 0 Å². The molecule has 4 nitrogen and oxygen atoms in total. The van der Waals surface area contributed by atoms with Gasteiger partial charge in [0, 0.05) is 47.6 Å². The predicted octanol–water partition coefficient (Wildman–Crippen LogP) is 14.1. The molecule has 0 aliphatic carbocycles. The summed E-state index contributed by atoms with van der Waals surface area (Å²) in [6.45, 7) is 0. The Morgan fingerprint density at radius 2 is 0.857 bits per heavy atom. The lowest BCUT2D eigenvalue weighted by atomic mass is 9.95. The van der Waals surface area contributed by atoms with E-state index in [0.717, 1.165) is 60.9 Å². The Balaban J connectivity index is 1.09. The Kier molecular flexibility index (Phi) is 7.64. The van der Waals surface area contributed by atoms with Crippen LogP contribution in [0.25, 0.3) is 110 Å². The molecule has 0 atom stereocenters. The number of furan rings is 1. The number of nitrogens with zero attached hydrogens (tertiary/aromatic N) is 3. The van der Waals surface area contributed by atoms with Gasteiger partial charge in [-0.05, 0) is 69.8 Å². The van der Waals surface area contributed by atoms with Crippen LogP contribution in [-0.2, 0) is 0 Å². The molecule has 0 bridgehead atoms. The van der Waals surface area contributed by atoms with E-state index in [1.54, 1.807) is 0 Å². The first-order chi connectivity index (χ1) is 27.7. The average Bonchev–Trinajstić information content (AvgIpc) is 3.84. The standard InChI is InChI=1S/C51H31N3OS/c1-4-12-32(13-5-1)34-20-22-36(23-21-34)50-52-49(35-16-8-3-9-17-35)53-51(54-50)39-29-42(48-41-18-10-11-19-44(41)55-45(48)30-39)38-24-26-40-43-28-37(33-14-6-2-7-15-33)25-27-46(43)56-47(40)31-38/h1-31H. The second-order valence-corrected chi connectivity index (χ2v) is 15.1. The molecule has 0 spiro atoms. The van der Waals surface area contributed by atoms with Crippen LogP contribution >= 0.6 is 11.3 Å². The molecular weight excluding hydrogens is 703 g/mol. The van der Waals surface area contributed by atoms with Crippen LogP contribution in [-0.4, -0.2) is 15.0 Å². The van der Waals surface area contributed by atoms with Crippen molar-refractivity contribution in [2.24, 2.45) is 0 Å². The third-order valence-corrected chi connectivity index (χ3v) is 11.7. The van der Waals surface area contributed by atoms with Gasteiger partial charge in [0.25, 0.3) is 0 Å². The third-order valence-electron chi connectivity index (χ3n) is 10.5. The van der Waals surface area contributed by atoms with Crippen molar-refractivity contribution in [3.63, 3.8) is 0 Å². The molecule has 11 rings (SSSR count). The quantitative estimate of drug-likeness (QED) is 0.171. The maximum atomic E-state index is 6.58. The summed E-state index contributed by atoms with van der Waals surface area (Å²) in [5, 5.41) is 4.68. The molecule has 0 aliphatic rings. The molecule has 0 N–H and O–H groups in total. The molecule has 0 aliphatic heterocycles. The lowest BCUT2D eigenvalue weighted by Gasteiger charge is -2.11. The number of rotatable bonds is 6. The summed E-state index contributed by atoms with van der Waals surface area (Å²) < 4.78 is 9.09. The van der Waals surface area contributed by atoms with Crippen molar-refractivity contribution in [3.05, 3.63) is 188 Å². The first-order valence-electron chi connectivity index (χ1n) is 18.7. The SMILES string of the molecule is c1ccc(-c2ccc(-c3nc(-c4ccccc4)nc(-c4cc(-c5ccc6c(c5)sc5ccc(-c7ccccc7)cc56)c5c(c4)oc4ccccc45)n3)cc2)cc1. The Morgan fingerprint density at radius 1 is 0.321 bits per heavy atom. The fraction of sp³-hybridized carbons (Fsp3) is 0. The van der Waals surface area contributed by atoms with Crippen LogP contribution in [0.3, 0.4) is 0 Å². The highest BCUT2D eigenvalue weighted by Crippen LogP contribution is 2.43. The van der Waals surface area contributed by atoms with Gasteiger partial charge < -0.3 is 4.42 Å². The molecule has 0 unspecified atom stereocenters. The number of aromatic nitrogens is 3. The fourth-order valence-electron chi connectivity index (χ4n) is 7.76. The van der Waals surface area contributed by atoms with E-state index in [1.165, 1.54) is 31.3 Å². The molecular formula is C51H31N3OS. The number of benzene rings is 8. The van der Waals surface area contributed by atoms with Crippen LogP contribution < -0.4 is 0 Å². The van der Waals surface area contributed by atoms with Crippen molar-refractivity contribution < 1.29 is 4.42 Å². The van der Waals surface area contributed by atoms with Gasteiger partial charge in [0.2, 0.25) is 0 Å². The lowest BCUT2D eigenvalue weighted by Crippen LogP contribution is -2.00. The first kappa shape index (κ1) is 32.2. The van der Waals surface area contributed by atoms with Gasteiger partial charge in [-0.2, -0.15) is 0 Å². The summed E-state index contributed by atoms with van der Waals surface area (Å²) in [6.07, 6.45) is 0. The van der Waals surface area contributed by atoms with E-state index in [0.29, 0.717) is 17.5 Å². The number of para-hydroxylation sites is 1. The summed E-state index contributed by atoms with van der Waals surface area (Å²) in [4.78, 5) is 15.3. The molecule has 0 saturated carbocycles. The van der Waals surface area contributed by atoms with E-state index in [4.69, 9.17) is 19.4 Å². The minimum Gasteiger partial charge on any atom is -0.456 e. The highest BCUT2D eigenvalue weighted by Gasteiger charge is 2.19. The monoisotopic (exact) mass is 733 g/mol. The zero-order valence-electron chi connectivity index (χ0n) is 30.1. The first-order valence-corrected chi connectivity index (χ1v) is 19.5. The van der Waals surface area contributed by atoms with Gasteiger partial charge in [-0.25, -0.2) is 15.0 Å². The number of thiophene rings is 1. The van der Waals surface area contributed by atoms with Gasteiger partial charge >= 0.3 is 0 Å². The van der Waals surface area contributed by atoms with Crippen molar-refractivity contribution in [2.75, 3.05) is 0 Å². The van der Waals surface area contributed by atoms with E-state index in [9.17, 15) is 0 Å². The van der Waals surface area contributed by atoms with Crippen molar-refractivity contribution in [1.82, 2.24) is 15.0 Å². The van der Waals surface area contributed by atoms with E-state index in [1.807, 2.05) is 59.9 Å². The molecule has 11 aromatic rings. The minimum absolute atomic E-state index is 0.584. The third kappa shape index (κ3) is 5.65. The van der Waals surface area contributed by atoms with Gasteiger partial charge in [0.1, 0.15) is 11.2 Å². The summed E-state index contributed by atoms with van der Waals surface area (Å²) in [5.74, 6) is 1.81. The lowest BCUT2D eigenvalue weighted by molar-refractivity contribution is 0.669. The molecule has 0 saturated heterocycles. The summed E-state index contributed by atoms with van der Waals surface area (Å²) in [6, 6.07) is 65.7. The van der Waals surface area contributed by atoms with E-state index in [-0.39, 0.29) is 0 Å².